The average molecular weight is 409 g/mol. The molecule has 0 spiro atoms. The van der Waals surface area contributed by atoms with E-state index in [1.807, 2.05) is 6.08 Å². The van der Waals surface area contributed by atoms with Gasteiger partial charge in [0, 0.05) is 13.0 Å². The molecule has 2 unspecified atom stereocenters. The fourth-order valence-corrected chi connectivity index (χ4v) is 3.96. The van der Waals surface area contributed by atoms with Gasteiger partial charge in [-0.1, -0.05) is 44.1 Å². The van der Waals surface area contributed by atoms with Crippen LogP contribution in [0.1, 0.15) is 39.0 Å². The van der Waals surface area contributed by atoms with Gasteiger partial charge in [-0.25, -0.2) is 13.1 Å². The highest BCUT2D eigenvalue weighted by atomic mass is 32.2. The Morgan fingerprint density at radius 1 is 1.25 bits per heavy atom. The molecule has 2 atom stereocenters. The zero-order valence-electron chi connectivity index (χ0n) is 16.3. The molecule has 2 rings (SSSR count). The van der Waals surface area contributed by atoms with Crippen LogP contribution in [0.2, 0.25) is 0 Å². The number of benzene rings is 1. The summed E-state index contributed by atoms with van der Waals surface area (Å²) in [5.74, 6) is -1.10. The average Bonchev–Trinajstić information content (AvgIpc) is 3.45. The van der Waals surface area contributed by atoms with Crippen LogP contribution in [0.5, 0.6) is 5.75 Å². The summed E-state index contributed by atoms with van der Waals surface area (Å²) >= 11 is 0. The highest BCUT2D eigenvalue weighted by Crippen LogP contribution is 2.40. The van der Waals surface area contributed by atoms with Crippen molar-refractivity contribution in [1.29, 1.82) is 0 Å². The quantitative estimate of drug-likeness (QED) is 0.432. The number of nitrogens with one attached hydrogen (secondary N) is 2. The molecule has 0 saturated heterocycles. The van der Waals surface area contributed by atoms with E-state index in [1.165, 1.54) is 31.7 Å². The standard InChI is InChI=1S/C20H28N2O5S/c1-3-4-5-6-7-10-15-13-16(15)20(24)22-28(25,26)18-12-9-8-11-17(18)27-14-19(23)21-2/h7-12,15-16H,3-6,13-14H2,1-2H3,(H,21,23)(H,22,24)/b10-7-. The summed E-state index contributed by atoms with van der Waals surface area (Å²) in [5.41, 5.74) is 0. The summed E-state index contributed by atoms with van der Waals surface area (Å²) in [6, 6.07) is 5.92. The van der Waals surface area contributed by atoms with E-state index in [0.717, 1.165) is 19.3 Å². The third-order valence-corrected chi connectivity index (χ3v) is 5.93. The van der Waals surface area contributed by atoms with Crippen LogP contribution in [0, 0.1) is 11.8 Å². The molecule has 1 fully saturated rings. The number of carbonyl (C=O) groups is 2. The first kappa shape index (κ1) is 21.9. The lowest BCUT2D eigenvalue weighted by Gasteiger charge is -2.12. The first-order chi connectivity index (χ1) is 13.4. The fourth-order valence-electron chi connectivity index (χ4n) is 2.78. The molecular formula is C20H28N2O5S. The van der Waals surface area contributed by atoms with Crippen LogP contribution in [0.3, 0.4) is 0 Å². The number of hydrogen-bond acceptors (Lipinski definition) is 5. The summed E-state index contributed by atoms with van der Waals surface area (Å²) in [7, 11) is -2.63. The van der Waals surface area contributed by atoms with Crippen LogP contribution >= 0.6 is 0 Å². The minimum absolute atomic E-state index is 0.0227. The molecule has 0 aliphatic heterocycles. The van der Waals surface area contributed by atoms with E-state index in [9.17, 15) is 18.0 Å². The molecular weight excluding hydrogens is 380 g/mol. The van der Waals surface area contributed by atoms with Crippen molar-refractivity contribution in [3.8, 4) is 5.75 Å². The molecule has 8 heteroatoms. The second-order valence-electron chi connectivity index (χ2n) is 6.81. The second-order valence-corrected chi connectivity index (χ2v) is 8.46. The van der Waals surface area contributed by atoms with Crippen molar-refractivity contribution < 1.29 is 22.7 Å². The predicted octanol–water partition coefficient (Wildman–Crippen LogP) is 2.39. The maximum atomic E-state index is 12.6. The summed E-state index contributed by atoms with van der Waals surface area (Å²) < 4.78 is 32.7. The van der Waals surface area contributed by atoms with E-state index in [0.29, 0.717) is 6.42 Å². The molecule has 1 aliphatic carbocycles. The molecule has 1 aliphatic rings. The van der Waals surface area contributed by atoms with Crippen LogP contribution in [0.15, 0.2) is 41.3 Å². The minimum Gasteiger partial charge on any atom is -0.482 e. The van der Waals surface area contributed by atoms with Gasteiger partial charge in [0.2, 0.25) is 5.91 Å². The van der Waals surface area contributed by atoms with E-state index >= 15 is 0 Å². The highest BCUT2D eigenvalue weighted by Gasteiger charge is 2.42. The number of amides is 2. The first-order valence-electron chi connectivity index (χ1n) is 9.54. The van der Waals surface area contributed by atoms with Gasteiger partial charge in [0.1, 0.15) is 10.6 Å². The van der Waals surface area contributed by atoms with Gasteiger partial charge in [-0.3, -0.25) is 9.59 Å². The molecule has 28 heavy (non-hydrogen) atoms. The number of para-hydroxylation sites is 1. The van der Waals surface area contributed by atoms with Gasteiger partial charge in [0.25, 0.3) is 15.9 Å². The molecule has 0 aromatic heterocycles. The van der Waals surface area contributed by atoms with Crippen molar-refractivity contribution in [3.63, 3.8) is 0 Å². The van der Waals surface area contributed by atoms with Gasteiger partial charge in [-0.05, 0) is 37.3 Å². The molecule has 154 valence electrons. The monoisotopic (exact) mass is 408 g/mol. The number of unbranched alkanes of at least 4 members (excludes halogenated alkanes) is 3. The van der Waals surface area contributed by atoms with Gasteiger partial charge in [-0.15, -0.1) is 0 Å². The topological polar surface area (TPSA) is 102 Å². The largest absolute Gasteiger partial charge is 0.482 e. The number of likely N-dealkylation sites (N-methyl/N-ethyl adjacent to an activating group) is 1. The van der Waals surface area contributed by atoms with Crippen LogP contribution in [0.4, 0.5) is 0 Å². The summed E-state index contributed by atoms with van der Waals surface area (Å²) in [5, 5.41) is 2.39. The third-order valence-electron chi connectivity index (χ3n) is 4.55. The van der Waals surface area contributed by atoms with E-state index in [4.69, 9.17) is 4.74 Å². The smallest absolute Gasteiger partial charge is 0.267 e. The van der Waals surface area contributed by atoms with Crippen LogP contribution in [0.25, 0.3) is 0 Å². The highest BCUT2D eigenvalue weighted by molar-refractivity contribution is 7.90. The SMILES string of the molecule is CCCCC/C=C\C1CC1C(=O)NS(=O)(=O)c1ccccc1OCC(=O)NC. The van der Waals surface area contributed by atoms with Crippen LogP contribution in [-0.2, 0) is 19.6 Å². The van der Waals surface area contributed by atoms with Crippen molar-refractivity contribution in [3.05, 3.63) is 36.4 Å². The second kappa shape index (κ2) is 10.3. The third kappa shape index (κ3) is 6.37. The van der Waals surface area contributed by atoms with Crippen LogP contribution in [-0.4, -0.2) is 33.9 Å². The number of ether oxygens (including phenoxy) is 1. The molecule has 2 N–H and O–H groups in total. The van der Waals surface area contributed by atoms with Gasteiger partial charge >= 0.3 is 0 Å². The minimum atomic E-state index is -4.09. The van der Waals surface area contributed by atoms with Crippen LogP contribution < -0.4 is 14.8 Å². The molecule has 1 saturated carbocycles. The van der Waals surface area contributed by atoms with Crippen molar-refractivity contribution in [2.75, 3.05) is 13.7 Å². The number of rotatable bonds is 11. The lowest BCUT2D eigenvalue weighted by molar-refractivity contribution is -0.123. The number of hydrogen-bond donors (Lipinski definition) is 2. The Bertz CT molecular complexity index is 820. The Morgan fingerprint density at radius 2 is 2.00 bits per heavy atom. The maximum absolute atomic E-state index is 12.6. The Morgan fingerprint density at radius 3 is 2.71 bits per heavy atom. The molecule has 1 aromatic rings. The molecule has 2 amide bonds. The first-order valence-corrected chi connectivity index (χ1v) is 11.0. The number of allylic oxidation sites excluding steroid dienone is 2. The Labute approximate surface area is 166 Å². The van der Waals surface area contributed by atoms with E-state index in [-0.39, 0.29) is 35.0 Å². The summed E-state index contributed by atoms with van der Waals surface area (Å²) in [6.45, 7) is 1.83. The van der Waals surface area contributed by atoms with E-state index < -0.39 is 15.9 Å². The Kier molecular flexibility index (Phi) is 8.04. The Balaban J connectivity index is 1.95. The Hall–Kier alpha value is -2.35. The van der Waals surface area contributed by atoms with E-state index in [2.05, 4.69) is 23.0 Å². The van der Waals surface area contributed by atoms with Gasteiger partial charge < -0.3 is 10.1 Å². The zero-order valence-corrected chi connectivity index (χ0v) is 17.1. The molecule has 0 radical (unpaired) electrons. The fraction of sp³-hybridized carbons (Fsp3) is 0.500. The zero-order chi connectivity index (χ0) is 20.6. The van der Waals surface area contributed by atoms with Crippen molar-refractivity contribution in [1.82, 2.24) is 10.0 Å². The van der Waals surface area contributed by atoms with E-state index in [1.54, 1.807) is 6.07 Å². The van der Waals surface area contributed by atoms with Crippen molar-refractivity contribution in [2.45, 2.75) is 43.9 Å². The lowest BCUT2D eigenvalue weighted by Crippen LogP contribution is -2.32. The summed E-state index contributed by atoms with van der Waals surface area (Å²) in [4.78, 5) is 23.5. The number of carbonyl (C=O) groups excluding carboxylic acids is 2. The van der Waals surface area contributed by atoms with Crippen molar-refractivity contribution in [2.24, 2.45) is 11.8 Å². The number of sulfonamides is 1. The predicted molar refractivity (Wildman–Crippen MR) is 106 cm³/mol. The molecule has 0 bridgehead atoms. The summed E-state index contributed by atoms with van der Waals surface area (Å²) in [6.07, 6.45) is 9.18. The molecule has 0 heterocycles. The molecule has 7 nitrogen and oxygen atoms in total. The normalized spacial score (nSPS) is 18.6. The van der Waals surface area contributed by atoms with Gasteiger partial charge in [-0.2, -0.15) is 0 Å². The lowest BCUT2D eigenvalue weighted by atomic mass is 10.2. The van der Waals surface area contributed by atoms with Gasteiger partial charge in [0.05, 0.1) is 0 Å². The van der Waals surface area contributed by atoms with Gasteiger partial charge in [0.15, 0.2) is 6.61 Å². The van der Waals surface area contributed by atoms with Crippen molar-refractivity contribution >= 4 is 21.8 Å². The molecule has 1 aromatic carbocycles. The maximum Gasteiger partial charge on any atom is 0.267 e.